The van der Waals surface area contributed by atoms with Crippen LogP contribution >= 0.6 is 23.5 Å². The molecule has 2 amide bonds. The second-order valence-electron chi connectivity index (χ2n) is 15.1. The van der Waals surface area contributed by atoms with Gasteiger partial charge in [-0.25, -0.2) is 0 Å². The summed E-state index contributed by atoms with van der Waals surface area (Å²) in [6, 6.07) is 16.3. The summed E-state index contributed by atoms with van der Waals surface area (Å²) in [5.74, 6) is 0.398. The number of amides is 2. The molecule has 2 aliphatic heterocycles. The molecule has 48 heavy (non-hydrogen) atoms. The summed E-state index contributed by atoms with van der Waals surface area (Å²) < 4.78 is 2.02. The van der Waals surface area contributed by atoms with Gasteiger partial charge >= 0.3 is 0 Å². The Balaban J connectivity index is 0.00000400. The van der Waals surface area contributed by atoms with Gasteiger partial charge in [-0.3, -0.25) is 9.59 Å². The number of carbonyl (C=O) groups is 2. The van der Waals surface area contributed by atoms with Crippen LogP contribution in [0.5, 0.6) is 0 Å². The summed E-state index contributed by atoms with van der Waals surface area (Å²) in [4.78, 5) is 30.6. The van der Waals surface area contributed by atoms with Gasteiger partial charge in [-0.2, -0.15) is 0 Å². The quantitative estimate of drug-likeness (QED) is 0.161. The number of halogens is 2. The third kappa shape index (κ3) is 11.8. The molecule has 4 rings (SSSR count). The summed E-state index contributed by atoms with van der Waals surface area (Å²) in [6.45, 7) is 15.0. The van der Waals surface area contributed by atoms with Gasteiger partial charge in [-0.15, -0.1) is 23.5 Å². The van der Waals surface area contributed by atoms with Crippen LogP contribution in [0.15, 0.2) is 48.5 Å². The second-order valence-corrected chi connectivity index (χ2v) is 18.5. The zero-order chi connectivity index (χ0) is 33.5. The number of quaternary nitrogens is 2. The predicted molar refractivity (Wildman–Crippen MR) is 197 cm³/mol. The molecule has 270 valence electrons. The monoisotopic (exact) mass is 826 g/mol. The maximum Gasteiger partial charge on any atom is 0.255 e. The summed E-state index contributed by atoms with van der Waals surface area (Å²) in [7, 11) is 9.37. The number of hydrogen-bond acceptors (Lipinski definition) is 4. The van der Waals surface area contributed by atoms with Crippen molar-refractivity contribution in [3.63, 3.8) is 0 Å². The molecule has 2 aliphatic rings. The Kier molecular flexibility index (Phi) is 17.6. The molecular weight excluding hydrogens is 768 g/mol. The molecule has 0 N–H and O–H groups in total. The number of thioether (sulfide) groups is 2. The highest BCUT2D eigenvalue weighted by Crippen LogP contribution is 2.44. The summed E-state index contributed by atoms with van der Waals surface area (Å²) in [6.07, 6.45) is 7.07. The zero-order valence-electron chi connectivity index (χ0n) is 30.6. The molecule has 0 fully saturated rings. The van der Waals surface area contributed by atoms with Crippen molar-refractivity contribution in [2.75, 3.05) is 67.5 Å². The van der Waals surface area contributed by atoms with Crippen LogP contribution in [0, 0.1) is 0 Å². The highest BCUT2D eigenvalue weighted by atomic mass is 79.9. The first-order valence-corrected chi connectivity index (χ1v) is 19.4. The Hall–Kier alpha value is -1.04. The van der Waals surface area contributed by atoms with Crippen LogP contribution in [-0.2, 0) is 0 Å². The first-order valence-electron chi connectivity index (χ1n) is 17.5. The summed E-state index contributed by atoms with van der Waals surface area (Å²) >= 11 is 3.78. The van der Waals surface area contributed by atoms with Crippen molar-refractivity contribution in [2.24, 2.45) is 0 Å². The van der Waals surface area contributed by atoms with Gasteiger partial charge in [0.05, 0.1) is 54.4 Å². The standard InChI is InChI=1S/C38H60N4O2S2.2BrH/c1-29(2)45-37-33-21-13-11-19-31(33)35(43)39(37)23-17-27-41(5,6)25-15-9-10-16-26-42(7,8)28-18-24-40-36(44)32-20-12-14-22-34(32)38(40)46-30(3)4;;/h11-14,19-22,29-30,37-38H,9-10,15-18,23-28H2,1-8H3;2*1H/q+2;;/p-2. The Labute approximate surface area is 321 Å². The number of hydrogen-bond donors (Lipinski definition) is 0. The molecule has 0 saturated heterocycles. The molecule has 10 heteroatoms. The molecule has 0 aliphatic carbocycles. The SMILES string of the molecule is CC(C)SC1c2ccccc2C(=O)N1CCC[N+](C)(C)CCCCCC[N+](C)(C)CCCN1C(=O)c2ccccc2C1SC(C)C.[Br-].[Br-]. The van der Waals surface area contributed by atoms with Gasteiger partial charge < -0.3 is 52.7 Å². The van der Waals surface area contributed by atoms with E-state index < -0.39 is 0 Å². The lowest BCUT2D eigenvalue weighted by atomic mass is 10.1. The normalized spacial score (nSPS) is 17.5. The third-order valence-electron chi connectivity index (χ3n) is 9.41. The third-order valence-corrected chi connectivity index (χ3v) is 12.0. The number of carbonyl (C=O) groups excluding carboxylic acids is 2. The van der Waals surface area contributed by atoms with E-state index >= 15 is 0 Å². The van der Waals surface area contributed by atoms with Crippen molar-refractivity contribution in [1.29, 1.82) is 0 Å². The predicted octanol–water partition coefficient (Wildman–Crippen LogP) is 2.08. The molecule has 0 spiro atoms. The van der Waals surface area contributed by atoms with E-state index in [1.807, 2.05) is 47.8 Å². The van der Waals surface area contributed by atoms with Crippen LogP contribution in [0.4, 0.5) is 0 Å². The van der Waals surface area contributed by atoms with E-state index in [1.165, 1.54) is 49.9 Å². The lowest BCUT2D eigenvalue weighted by molar-refractivity contribution is -0.891. The summed E-state index contributed by atoms with van der Waals surface area (Å²) in [5, 5.41) is 1.23. The minimum Gasteiger partial charge on any atom is -1.00 e. The smallest absolute Gasteiger partial charge is 0.255 e. The van der Waals surface area contributed by atoms with Crippen molar-refractivity contribution >= 4 is 35.3 Å². The number of fused-ring (bicyclic) bond motifs is 2. The Morgan fingerprint density at radius 1 is 0.562 bits per heavy atom. The molecule has 2 atom stereocenters. The van der Waals surface area contributed by atoms with E-state index in [0.717, 1.165) is 59.1 Å². The summed E-state index contributed by atoms with van der Waals surface area (Å²) in [5.41, 5.74) is 4.14. The van der Waals surface area contributed by atoms with Gasteiger partial charge in [-0.05, 0) is 48.9 Å². The van der Waals surface area contributed by atoms with Gasteiger partial charge in [0.15, 0.2) is 0 Å². The fraction of sp³-hybridized carbons (Fsp3) is 0.632. The number of unbranched alkanes of at least 4 members (excludes halogenated alkanes) is 3. The average Bonchev–Trinajstić information content (AvgIpc) is 3.40. The molecule has 2 heterocycles. The van der Waals surface area contributed by atoms with Crippen molar-refractivity contribution in [2.45, 2.75) is 87.5 Å². The van der Waals surface area contributed by atoms with E-state index in [-0.39, 0.29) is 56.5 Å². The van der Waals surface area contributed by atoms with Gasteiger partial charge in [0.25, 0.3) is 11.8 Å². The largest absolute Gasteiger partial charge is 1.00 e. The highest BCUT2D eigenvalue weighted by Gasteiger charge is 2.38. The number of benzene rings is 2. The van der Waals surface area contributed by atoms with Gasteiger partial charge in [-0.1, -0.05) is 64.1 Å². The molecule has 6 nitrogen and oxygen atoms in total. The van der Waals surface area contributed by atoms with Crippen molar-refractivity contribution < 1.29 is 52.5 Å². The zero-order valence-corrected chi connectivity index (χ0v) is 35.4. The van der Waals surface area contributed by atoms with Crippen LogP contribution in [0.1, 0.15) is 109 Å². The minimum absolute atomic E-state index is 0. The highest BCUT2D eigenvalue weighted by molar-refractivity contribution is 8.00. The van der Waals surface area contributed by atoms with Crippen molar-refractivity contribution in [3.8, 4) is 0 Å². The Morgan fingerprint density at radius 2 is 0.896 bits per heavy atom. The van der Waals surface area contributed by atoms with E-state index in [1.54, 1.807) is 0 Å². The topological polar surface area (TPSA) is 40.6 Å². The van der Waals surface area contributed by atoms with Gasteiger partial charge in [0.1, 0.15) is 10.7 Å². The molecular formula is C38H60Br2N4O2S2. The maximum absolute atomic E-state index is 13.2. The van der Waals surface area contributed by atoms with Crippen LogP contribution in [0.25, 0.3) is 0 Å². The Bertz CT molecular complexity index is 1220. The molecule has 2 aromatic rings. The van der Waals surface area contributed by atoms with Crippen molar-refractivity contribution in [1.82, 2.24) is 9.80 Å². The van der Waals surface area contributed by atoms with E-state index in [9.17, 15) is 9.59 Å². The second kappa shape index (κ2) is 19.5. The minimum atomic E-state index is 0. The number of rotatable bonds is 19. The molecule has 0 radical (unpaired) electrons. The maximum atomic E-state index is 13.2. The van der Waals surface area contributed by atoms with Crippen LogP contribution in [-0.4, -0.2) is 109 Å². The first kappa shape index (κ1) is 43.1. The molecule has 2 unspecified atom stereocenters. The van der Waals surface area contributed by atoms with Gasteiger partial charge in [0, 0.05) is 47.6 Å². The van der Waals surface area contributed by atoms with Crippen LogP contribution in [0.2, 0.25) is 0 Å². The number of nitrogens with zero attached hydrogens (tertiary/aromatic N) is 4. The molecule has 0 bridgehead atoms. The molecule has 0 aromatic heterocycles. The van der Waals surface area contributed by atoms with E-state index in [0.29, 0.717) is 10.5 Å². The molecule has 2 aromatic carbocycles. The van der Waals surface area contributed by atoms with Gasteiger partial charge in [0.2, 0.25) is 0 Å². The van der Waals surface area contributed by atoms with Crippen molar-refractivity contribution in [3.05, 3.63) is 70.8 Å². The first-order chi connectivity index (χ1) is 21.8. The lowest BCUT2D eigenvalue weighted by Crippen LogP contribution is -3.00. The Morgan fingerprint density at radius 3 is 1.25 bits per heavy atom. The van der Waals surface area contributed by atoms with Crippen LogP contribution < -0.4 is 34.0 Å². The van der Waals surface area contributed by atoms with E-state index in [4.69, 9.17) is 0 Å². The fourth-order valence-electron chi connectivity index (χ4n) is 6.91. The molecule has 0 saturated carbocycles. The van der Waals surface area contributed by atoms with Crippen LogP contribution in [0.3, 0.4) is 0 Å². The average molecular weight is 829 g/mol. The fourth-order valence-corrected chi connectivity index (χ4v) is 9.35. The van der Waals surface area contributed by atoms with E-state index in [2.05, 4.69) is 90.0 Å². The lowest BCUT2D eigenvalue weighted by Gasteiger charge is -2.32.